The van der Waals surface area contributed by atoms with E-state index in [4.69, 9.17) is 21.4 Å². The summed E-state index contributed by atoms with van der Waals surface area (Å²) in [5, 5.41) is 8.91. The minimum absolute atomic E-state index is 0.0531. The summed E-state index contributed by atoms with van der Waals surface area (Å²) in [6.07, 6.45) is -4.86. The van der Waals surface area contributed by atoms with Crippen LogP contribution in [-0.4, -0.2) is 23.6 Å². The van der Waals surface area contributed by atoms with Crippen molar-refractivity contribution in [3.8, 4) is 11.5 Å². The lowest BCUT2D eigenvalue weighted by atomic mass is 10.2. The van der Waals surface area contributed by atoms with E-state index < -0.39 is 18.7 Å². The van der Waals surface area contributed by atoms with Crippen LogP contribution in [0.1, 0.15) is 11.4 Å². The zero-order chi connectivity index (χ0) is 13.1. The van der Waals surface area contributed by atoms with Crippen molar-refractivity contribution in [2.75, 3.05) is 7.11 Å². The van der Waals surface area contributed by atoms with Gasteiger partial charge in [0.05, 0.1) is 25.3 Å². The molecule has 0 aliphatic carbocycles. The first-order valence-corrected chi connectivity index (χ1v) is 4.94. The summed E-state index contributed by atoms with van der Waals surface area (Å²) in [5.74, 6) is -0.593. The van der Waals surface area contributed by atoms with Crippen LogP contribution in [0.15, 0.2) is 6.07 Å². The molecule has 0 radical (unpaired) electrons. The van der Waals surface area contributed by atoms with E-state index in [1.165, 1.54) is 7.11 Å². The van der Waals surface area contributed by atoms with Crippen LogP contribution in [0, 0.1) is 0 Å². The van der Waals surface area contributed by atoms with Crippen molar-refractivity contribution in [3.63, 3.8) is 0 Å². The molecule has 0 saturated carbocycles. The Morgan fingerprint density at radius 1 is 1.35 bits per heavy atom. The van der Waals surface area contributed by atoms with E-state index in [9.17, 15) is 13.2 Å². The molecule has 17 heavy (non-hydrogen) atoms. The molecule has 1 heterocycles. The largest absolute Gasteiger partial charge is 0.573 e. The van der Waals surface area contributed by atoms with Crippen LogP contribution in [0.4, 0.5) is 13.2 Å². The highest BCUT2D eigenvalue weighted by Crippen LogP contribution is 2.31. The van der Waals surface area contributed by atoms with Crippen LogP contribution in [0.2, 0.25) is 0 Å². The second-order valence-electron chi connectivity index (χ2n) is 2.92. The number of methoxy groups -OCH3 is 1. The predicted molar refractivity (Wildman–Crippen MR) is 53.0 cm³/mol. The number of halogens is 4. The number of hydrogen-bond donors (Lipinski definition) is 1. The second kappa shape index (κ2) is 5.42. The number of aromatic nitrogens is 1. The molecule has 0 aliphatic rings. The third kappa shape index (κ3) is 3.64. The lowest BCUT2D eigenvalue weighted by molar-refractivity contribution is -0.275. The van der Waals surface area contributed by atoms with Gasteiger partial charge in [-0.15, -0.1) is 24.8 Å². The van der Waals surface area contributed by atoms with Gasteiger partial charge in [0.2, 0.25) is 0 Å². The van der Waals surface area contributed by atoms with Gasteiger partial charge in [-0.3, -0.25) is 0 Å². The van der Waals surface area contributed by atoms with Crippen molar-refractivity contribution in [1.29, 1.82) is 0 Å². The summed E-state index contributed by atoms with van der Waals surface area (Å²) in [5.41, 5.74) is -0.0217. The van der Waals surface area contributed by atoms with Gasteiger partial charge < -0.3 is 14.6 Å². The molecule has 1 rings (SSSR count). The number of pyridine rings is 1. The monoisotopic (exact) mass is 271 g/mol. The standard InChI is InChI=1S/C9H9ClF3NO3/c1-16-7-2-8(17-9(11,12)13)6(4-15)14-5(7)3-10/h2,15H,3-4H2,1H3. The number of rotatable bonds is 4. The Morgan fingerprint density at radius 3 is 2.41 bits per heavy atom. The average molecular weight is 272 g/mol. The summed E-state index contributed by atoms with van der Waals surface area (Å²) in [6, 6.07) is 0.990. The Hall–Kier alpha value is -1.21. The highest BCUT2D eigenvalue weighted by molar-refractivity contribution is 6.17. The predicted octanol–water partition coefficient (Wildman–Crippen LogP) is 2.22. The third-order valence-electron chi connectivity index (χ3n) is 1.82. The van der Waals surface area contributed by atoms with E-state index in [0.717, 1.165) is 6.07 Å². The quantitative estimate of drug-likeness (QED) is 0.853. The van der Waals surface area contributed by atoms with Crippen LogP contribution in [-0.2, 0) is 12.5 Å². The van der Waals surface area contributed by atoms with E-state index in [1.807, 2.05) is 0 Å². The molecule has 0 aromatic carbocycles. The van der Waals surface area contributed by atoms with Gasteiger partial charge in [0, 0.05) is 6.07 Å². The smallest absolute Gasteiger partial charge is 0.495 e. The van der Waals surface area contributed by atoms with Gasteiger partial charge in [-0.1, -0.05) is 0 Å². The minimum Gasteiger partial charge on any atom is -0.495 e. The number of alkyl halides is 4. The molecule has 0 fully saturated rings. The maximum atomic E-state index is 12.1. The molecule has 0 aliphatic heterocycles. The summed E-state index contributed by atoms with van der Waals surface area (Å²) in [6.45, 7) is -0.695. The molecule has 4 nitrogen and oxygen atoms in total. The van der Waals surface area contributed by atoms with Crippen molar-refractivity contribution in [2.24, 2.45) is 0 Å². The molecule has 0 amide bonds. The van der Waals surface area contributed by atoms with Crippen molar-refractivity contribution in [1.82, 2.24) is 4.98 Å². The summed E-state index contributed by atoms with van der Waals surface area (Å²) >= 11 is 5.54. The highest BCUT2D eigenvalue weighted by atomic mass is 35.5. The maximum Gasteiger partial charge on any atom is 0.573 e. The Morgan fingerprint density at radius 2 is 2.00 bits per heavy atom. The number of aliphatic hydroxyl groups is 1. The van der Waals surface area contributed by atoms with Crippen LogP contribution < -0.4 is 9.47 Å². The Labute approximate surface area is 99.9 Å². The summed E-state index contributed by atoms with van der Waals surface area (Å²) in [7, 11) is 1.27. The first kappa shape index (κ1) is 13.9. The molecule has 1 N–H and O–H groups in total. The Balaban J connectivity index is 3.19. The van der Waals surface area contributed by atoms with Crippen molar-refractivity contribution < 1.29 is 27.8 Å². The second-order valence-corrected chi connectivity index (χ2v) is 3.19. The number of aliphatic hydroxyl groups excluding tert-OH is 1. The lowest BCUT2D eigenvalue weighted by Gasteiger charge is -2.14. The molecule has 0 atom stereocenters. The average Bonchev–Trinajstić information content (AvgIpc) is 2.26. The number of ether oxygens (including phenoxy) is 2. The van der Waals surface area contributed by atoms with E-state index in [0.29, 0.717) is 0 Å². The van der Waals surface area contributed by atoms with E-state index in [-0.39, 0.29) is 23.0 Å². The molecule has 8 heteroatoms. The number of nitrogens with zero attached hydrogens (tertiary/aromatic N) is 1. The van der Waals surface area contributed by atoms with Gasteiger partial charge in [0.15, 0.2) is 5.75 Å². The van der Waals surface area contributed by atoms with Crippen molar-refractivity contribution in [3.05, 3.63) is 17.5 Å². The molecular weight excluding hydrogens is 263 g/mol. The molecule has 1 aromatic heterocycles. The molecule has 0 unspecified atom stereocenters. The third-order valence-corrected chi connectivity index (χ3v) is 2.08. The van der Waals surface area contributed by atoms with Crippen molar-refractivity contribution in [2.45, 2.75) is 18.8 Å². The first-order valence-electron chi connectivity index (χ1n) is 4.40. The van der Waals surface area contributed by atoms with Crippen LogP contribution in [0.25, 0.3) is 0 Å². The van der Waals surface area contributed by atoms with Crippen molar-refractivity contribution >= 4 is 11.6 Å². The van der Waals surface area contributed by atoms with Crippen LogP contribution in [0.3, 0.4) is 0 Å². The topological polar surface area (TPSA) is 51.6 Å². The minimum atomic E-state index is -4.86. The fourth-order valence-corrected chi connectivity index (χ4v) is 1.35. The molecule has 0 spiro atoms. The van der Waals surface area contributed by atoms with Crippen LogP contribution >= 0.6 is 11.6 Å². The van der Waals surface area contributed by atoms with E-state index >= 15 is 0 Å². The zero-order valence-electron chi connectivity index (χ0n) is 8.71. The Kier molecular flexibility index (Phi) is 4.41. The normalized spacial score (nSPS) is 11.4. The van der Waals surface area contributed by atoms with Gasteiger partial charge in [-0.25, -0.2) is 4.98 Å². The fourth-order valence-electron chi connectivity index (χ4n) is 1.16. The maximum absolute atomic E-state index is 12.1. The highest BCUT2D eigenvalue weighted by Gasteiger charge is 2.33. The molecule has 0 bridgehead atoms. The lowest BCUT2D eigenvalue weighted by Crippen LogP contribution is -2.19. The Bertz CT molecular complexity index is 398. The van der Waals surface area contributed by atoms with Gasteiger partial charge in [-0.05, 0) is 0 Å². The SMILES string of the molecule is COc1cc(OC(F)(F)F)c(CO)nc1CCl. The van der Waals surface area contributed by atoms with Gasteiger partial charge >= 0.3 is 6.36 Å². The first-order chi connectivity index (χ1) is 7.91. The molecule has 1 aromatic rings. The molecular formula is C9H9ClF3NO3. The summed E-state index contributed by atoms with van der Waals surface area (Å²) < 4.78 is 44.8. The van der Waals surface area contributed by atoms with E-state index in [1.54, 1.807) is 0 Å². The zero-order valence-corrected chi connectivity index (χ0v) is 9.47. The molecule has 0 saturated heterocycles. The molecule has 96 valence electrons. The van der Waals surface area contributed by atoms with Gasteiger partial charge in [-0.2, -0.15) is 0 Å². The summed E-state index contributed by atoms with van der Waals surface area (Å²) in [4.78, 5) is 3.73. The van der Waals surface area contributed by atoms with Crippen LogP contribution in [0.5, 0.6) is 11.5 Å². The number of hydrogen-bond acceptors (Lipinski definition) is 4. The van der Waals surface area contributed by atoms with Gasteiger partial charge in [0.1, 0.15) is 11.4 Å². The van der Waals surface area contributed by atoms with Gasteiger partial charge in [0.25, 0.3) is 0 Å². The van der Waals surface area contributed by atoms with E-state index in [2.05, 4.69) is 9.72 Å². The fraction of sp³-hybridized carbons (Fsp3) is 0.444.